The third kappa shape index (κ3) is 4.11. The molecule has 100 valence electrons. The topological polar surface area (TPSA) is 16.1 Å². The van der Waals surface area contributed by atoms with Crippen LogP contribution in [0, 0.1) is 5.92 Å². The first-order valence-corrected chi connectivity index (χ1v) is 6.52. The van der Waals surface area contributed by atoms with Gasteiger partial charge in [-0.05, 0) is 56.5 Å². The molecular formula is C15H23ClN2. The third-order valence-corrected chi connectivity index (χ3v) is 3.39. The van der Waals surface area contributed by atoms with Gasteiger partial charge in [0.25, 0.3) is 0 Å². The van der Waals surface area contributed by atoms with Gasteiger partial charge in [-0.3, -0.25) is 4.98 Å². The van der Waals surface area contributed by atoms with Crippen LogP contribution in [0.5, 0.6) is 0 Å². The average molecular weight is 267 g/mol. The number of pyridine rings is 1. The minimum absolute atomic E-state index is 0. The molecule has 1 aliphatic rings. The second kappa shape index (κ2) is 7.55. The smallest absolute Gasteiger partial charge is 0.0343 e. The van der Waals surface area contributed by atoms with Gasteiger partial charge < -0.3 is 4.90 Å². The monoisotopic (exact) mass is 266 g/mol. The number of aromatic nitrogens is 1. The summed E-state index contributed by atoms with van der Waals surface area (Å²) in [5.41, 5.74) is 2.81. The maximum Gasteiger partial charge on any atom is 0.0343 e. The maximum absolute atomic E-state index is 4.25. The van der Waals surface area contributed by atoms with Gasteiger partial charge in [0.05, 0.1) is 0 Å². The standard InChI is InChI=1S/C15H22N2.ClH/c1-17(2)12-14-7-4-3-5-9-15(14)13-8-6-10-16-11-13;/h6,8-11,14H,3-5,7,12H2,1-2H3;1H. The molecule has 1 aromatic rings. The van der Waals surface area contributed by atoms with Crippen LogP contribution in [0.2, 0.25) is 0 Å². The lowest BCUT2D eigenvalue weighted by Gasteiger charge is -2.23. The van der Waals surface area contributed by atoms with Crippen LogP contribution < -0.4 is 0 Å². The van der Waals surface area contributed by atoms with Gasteiger partial charge in [-0.1, -0.05) is 18.6 Å². The first-order valence-electron chi connectivity index (χ1n) is 6.52. The van der Waals surface area contributed by atoms with Crippen molar-refractivity contribution in [3.05, 3.63) is 36.2 Å². The van der Waals surface area contributed by atoms with Crippen molar-refractivity contribution in [2.75, 3.05) is 20.6 Å². The van der Waals surface area contributed by atoms with Gasteiger partial charge in [-0.2, -0.15) is 0 Å². The fraction of sp³-hybridized carbons (Fsp3) is 0.533. The highest BCUT2D eigenvalue weighted by Gasteiger charge is 2.18. The van der Waals surface area contributed by atoms with Gasteiger partial charge >= 0.3 is 0 Å². The zero-order valence-electron chi connectivity index (χ0n) is 11.3. The van der Waals surface area contributed by atoms with E-state index in [1.807, 2.05) is 18.5 Å². The molecule has 0 radical (unpaired) electrons. The van der Waals surface area contributed by atoms with Gasteiger partial charge in [0.1, 0.15) is 0 Å². The van der Waals surface area contributed by atoms with Crippen LogP contribution in [-0.2, 0) is 0 Å². The molecule has 1 aromatic heterocycles. The van der Waals surface area contributed by atoms with E-state index in [1.165, 1.54) is 36.8 Å². The van der Waals surface area contributed by atoms with Crippen molar-refractivity contribution >= 4 is 18.0 Å². The summed E-state index contributed by atoms with van der Waals surface area (Å²) in [5.74, 6) is 0.664. The predicted octanol–water partition coefficient (Wildman–Crippen LogP) is 3.64. The van der Waals surface area contributed by atoms with E-state index in [-0.39, 0.29) is 12.4 Å². The largest absolute Gasteiger partial charge is 0.309 e. The summed E-state index contributed by atoms with van der Waals surface area (Å²) in [5, 5.41) is 0. The van der Waals surface area contributed by atoms with Gasteiger partial charge in [-0.25, -0.2) is 0 Å². The third-order valence-electron chi connectivity index (χ3n) is 3.39. The number of halogens is 1. The molecule has 1 aliphatic carbocycles. The summed E-state index contributed by atoms with van der Waals surface area (Å²) >= 11 is 0. The number of hydrogen-bond acceptors (Lipinski definition) is 2. The van der Waals surface area contributed by atoms with Crippen molar-refractivity contribution < 1.29 is 0 Å². The van der Waals surface area contributed by atoms with Crippen LogP contribution in [0.25, 0.3) is 5.57 Å². The average Bonchev–Trinajstić information content (AvgIpc) is 2.55. The molecule has 1 heterocycles. The second-order valence-electron chi connectivity index (χ2n) is 5.14. The molecule has 0 fully saturated rings. The van der Waals surface area contributed by atoms with E-state index in [2.05, 4.69) is 36.1 Å². The quantitative estimate of drug-likeness (QED) is 0.830. The number of allylic oxidation sites excluding steroid dienone is 1. The molecule has 0 saturated carbocycles. The van der Waals surface area contributed by atoms with Crippen LogP contribution in [0.4, 0.5) is 0 Å². The van der Waals surface area contributed by atoms with E-state index >= 15 is 0 Å². The molecule has 0 N–H and O–H groups in total. The molecule has 0 spiro atoms. The molecule has 2 nitrogen and oxygen atoms in total. The molecule has 0 bridgehead atoms. The van der Waals surface area contributed by atoms with Gasteiger partial charge in [0.15, 0.2) is 0 Å². The van der Waals surface area contributed by atoms with Crippen molar-refractivity contribution in [3.63, 3.8) is 0 Å². The molecule has 0 aromatic carbocycles. The van der Waals surface area contributed by atoms with Crippen molar-refractivity contribution in [1.82, 2.24) is 9.88 Å². The van der Waals surface area contributed by atoms with Gasteiger partial charge in [-0.15, -0.1) is 12.4 Å². The first-order chi connectivity index (χ1) is 8.27. The van der Waals surface area contributed by atoms with E-state index in [0.29, 0.717) is 5.92 Å². The van der Waals surface area contributed by atoms with Gasteiger partial charge in [0, 0.05) is 18.9 Å². The summed E-state index contributed by atoms with van der Waals surface area (Å²) in [7, 11) is 4.32. The number of hydrogen-bond donors (Lipinski definition) is 0. The Labute approximate surface area is 117 Å². The Morgan fingerprint density at radius 3 is 2.83 bits per heavy atom. The fourth-order valence-corrected chi connectivity index (χ4v) is 2.63. The Hall–Kier alpha value is -0.860. The molecule has 1 atom stereocenters. The number of rotatable bonds is 3. The zero-order chi connectivity index (χ0) is 12.1. The highest BCUT2D eigenvalue weighted by molar-refractivity contribution is 5.85. The fourth-order valence-electron chi connectivity index (χ4n) is 2.63. The van der Waals surface area contributed by atoms with Crippen LogP contribution in [0.1, 0.15) is 31.2 Å². The van der Waals surface area contributed by atoms with Crippen molar-refractivity contribution in [3.8, 4) is 0 Å². The van der Waals surface area contributed by atoms with Crippen LogP contribution >= 0.6 is 12.4 Å². The van der Waals surface area contributed by atoms with Crippen LogP contribution in [0.15, 0.2) is 30.6 Å². The number of nitrogens with zero attached hydrogens (tertiary/aromatic N) is 2. The van der Waals surface area contributed by atoms with E-state index < -0.39 is 0 Å². The van der Waals surface area contributed by atoms with E-state index in [1.54, 1.807) is 0 Å². The lowest BCUT2D eigenvalue weighted by molar-refractivity contribution is 0.351. The summed E-state index contributed by atoms with van der Waals surface area (Å²) in [6.45, 7) is 1.14. The Morgan fingerprint density at radius 2 is 2.17 bits per heavy atom. The Bertz CT molecular complexity index is 373. The lowest BCUT2D eigenvalue weighted by atomic mass is 9.90. The van der Waals surface area contributed by atoms with Crippen LogP contribution in [0.3, 0.4) is 0 Å². The molecule has 0 amide bonds. The SMILES string of the molecule is CN(C)CC1CCCCC=C1c1cccnc1.Cl. The van der Waals surface area contributed by atoms with E-state index in [4.69, 9.17) is 0 Å². The normalized spacial score (nSPS) is 19.9. The first kappa shape index (κ1) is 15.2. The molecular weight excluding hydrogens is 244 g/mol. The molecule has 0 aliphatic heterocycles. The van der Waals surface area contributed by atoms with Crippen LogP contribution in [-0.4, -0.2) is 30.5 Å². The predicted molar refractivity (Wildman–Crippen MR) is 80.0 cm³/mol. The summed E-state index contributed by atoms with van der Waals surface area (Å²) in [6.07, 6.45) is 11.5. The van der Waals surface area contributed by atoms with Crippen molar-refractivity contribution in [1.29, 1.82) is 0 Å². The highest BCUT2D eigenvalue weighted by atomic mass is 35.5. The summed E-state index contributed by atoms with van der Waals surface area (Å²) < 4.78 is 0. The second-order valence-corrected chi connectivity index (χ2v) is 5.14. The minimum atomic E-state index is 0. The molecule has 1 unspecified atom stereocenters. The Kier molecular flexibility index (Phi) is 6.37. The van der Waals surface area contributed by atoms with E-state index in [0.717, 1.165) is 6.54 Å². The highest BCUT2D eigenvalue weighted by Crippen LogP contribution is 2.31. The lowest BCUT2D eigenvalue weighted by Crippen LogP contribution is -2.22. The molecule has 18 heavy (non-hydrogen) atoms. The Balaban J connectivity index is 0.00000162. The maximum atomic E-state index is 4.25. The van der Waals surface area contributed by atoms with Crippen molar-refractivity contribution in [2.45, 2.75) is 25.7 Å². The summed E-state index contributed by atoms with van der Waals surface area (Å²) in [6, 6.07) is 4.22. The van der Waals surface area contributed by atoms with Crippen molar-refractivity contribution in [2.24, 2.45) is 5.92 Å². The minimum Gasteiger partial charge on any atom is -0.309 e. The summed E-state index contributed by atoms with van der Waals surface area (Å²) in [4.78, 5) is 6.54. The molecule has 2 rings (SSSR count). The zero-order valence-corrected chi connectivity index (χ0v) is 12.1. The Morgan fingerprint density at radius 1 is 1.33 bits per heavy atom. The van der Waals surface area contributed by atoms with Gasteiger partial charge in [0.2, 0.25) is 0 Å². The molecule has 0 saturated heterocycles. The molecule has 3 heteroatoms. The van der Waals surface area contributed by atoms with E-state index in [9.17, 15) is 0 Å².